The number of sulfone groups is 3. The monoisotopic (exact) mass is 400 g/mol. The van der Waals surface area contributed by atoms with Crippen molar-refractivity contribution in [3.8, 4) is 0 Å². The molecule has 9 heteroatoms. The molecule has 1 saturated heterocycles. The molecule has 0 saturated carbocycles. The van der Waals surface area contributed by atoms with Gasteiger partial charge in [0.1, 0.15) is 0 Å². The molecule has 1 heterocycles. The van der Waals surface area contributed by atoms with E-state index in [4.69, 9.17) is 0 Å². The van der Waals surface area contributed by atoms with E-state index >= 15 is 0 Å². The Morgan fingerprint density at radius 2 is 0.960 bits per heavy atom. The highest BCUT2D eigenvalue weighted by Crippen LogP contribution is 2.32. The van der Waals surface area contributed by atoms with Crippen molar-refractivity contribution in [2.75, 3.05) is 11.5 Å². The lowest BCUT2D eigenvalue weighted by molar-refractivity contribution is 0.567. The molecule has 0 amide bonds. The Kier molecular flexibility index (Phi) is 4.50. The Labute approximate surface area is 147 Å². The lowest BCUT2D eigenvalue weighted by atomic mass is 10.3. The second-order valence-corrected chi connectivity index (χ2v) is 12.4. The summed E-state index contributed by atoms with van der Waals surface area (Å²) in [5, 5.41) is -3.05. The van der Waals surface area contributed by atoms with Crippen LogP contribution in [-0.4, -0.2) is 47.3 Å². The predicted octanol–water partition coefficient (Wildman–Crippen LogP) is 1.10. The standard InChI is InChI=1S/C16H16O6S3/c17-23(18)11-15(24(19,20)13-7-3-1-4-8-13)16(12-23)25(21,22)14-9-5-2-6-10-14/h1-10,15-16H,11-12H2/t15-,16-/m0/s1. The van der Waals surface area contributed by atoms with Gasteiger partial charge in [0.25, 0.3) is 0 Å². The fourth-order valence-corrected chi connectivity index (χ4v) is 11.1. The number of hydrogen-bond donors (Lipinski definition) is 0. The van der Waals surface area contributed by atoms with Crippen molar-refractivity contribution < 1.29 is 25.3 Å². The normalized spacial score (nSPS) is 23.4. The highest BCUT2D eigenvalue weighted by Gasteiger charge is 2.52. The molecule has 0 unspecified atom stereocenters. The summed E-state index contributed by atoms with van der Waals surface area (Å²) in [5.74, 6) is -1.39. The first-order valence-electron chi connectivity index (χ1n) is 7.43. The van der Waals surface area contributed by atoms with E-state index in [9.17, 15) is 25.3 Å². The fourth-order valence-electron chi connectivity index (χ4n) is 2.93. The van der Waals surface area contributed by atoms with Crippen LogP contribution in [0.3, 0.4) is 0 Å². The molecule has 3 rings (SSSR count). The smallest absolute Gasteiger partial charge is 0.183 e. The van der Waals surface area contributed by atoms with Crippen molar-refractivity contribution in [1.82, 2.24) is 0 Å². The summed E-state index contributed by atoms with van der Waals surface area (Å²) in [4.78, 5) is -0.157. The van der Waals surface area contributed by atoms with Gasteiger partial charge < -0.3 is 0 Å². The molecule has 0 aliphatic carbocycles. The van der Waals surface area contributed by atoms with Gasteiger partial charge in [0.05, 0.1) is 31.8 Å². The number of rotatable bonds is 4. The molecule has 0 spiro atoms. The van der Waals surface area contributed by atoms with Crippen molar-refractivity contribution >= 4 is 29.5 Å². The quantitative estimate of drug-likeness (QED) is 0.761. The third kappa shape index (κ3) is 3.36. The van der Waals surface area contributed by atoms with E-state index in [1.54, 1.807) is 12.1 Å². The molecule has 0 bridgehead atoms. The average Bonchev–Trinajstić information content (AvgIpc) is 2.94. The van der Waals surface area contributed by atoms with Gasteiger partial charge in [0, 0.05) is 0 Å². The van der Waals surface area contributed by atoms with Crippen LogP contribution in [0.4, 0.5) is 0 Å². The van der Waals surface area contributed by atoms with Crippen LogP contribution in [0.2, 0.25) is 0 Å². The number of benzene rings is 2. The van der Waals surface area contributed by atoms with Crippen molar-refractivity contribution in [3.63, 3.8) is 0 Å². The minimum absolute atomic E-state index is 0.0784. The van der Waals surface area contributed by atoms with Crippen molar-refractivity contribution in [2.45, 2.75) is 20.3 Å². The van der Waals surface area contributed by atoms with Gasteiger partial charge in [-0.2, -0.15) is 0 Å². The van der Waals surface area contributed by atoms with Crippen LogP contribution in [0.15, 0.2) is 70.5 Å². The Morgan fingerprint density at radius 3 is 1.28 bits per heavy atom. The lowest BCUT2D eigenvalue weighted by Crippen LogP contribution is -2.38. The summed E-state index contributed by atoms with van der Waals surface area (Å²) < 4.78 is 75.7. The first kappa shape index (κ1) is 18.1. The molecule has 1 fully saturated rings. The first-order valence-corrected chi connectivity index (χ1v) is 12.3. The molecule has 0 aromatic heterocycles. The maximum atomic E-state index is 12.9. The second-order valence-electron chi connectivity index (χ2n) is 5.87. The highest BCUT2D eigenvalue weighted by molar-refractivity contribution is 8.00. The molecule has 0 radical (unpaired) electrons. The van der Waals surface area contributed by atoms with Gasteiger partial charge in [-0.25, -0.2) is 25.3 Å². The molecule has 6 nitrogen and oxygen atoms in total. The van der Waals surface area contributed by atoms with Crippen LogP contribution >= 0.6 is 0 Å². The van der Waals surface area contributed by atoms with Crippen molar-refractivity contribution in [2.24, 2.45) is 0 Å². The topological polar surface area (TPSA) is 102 Å². The summed E-state index contributed by atoms with van der Waals surface area (Å²) >= 11 is 0. The molecule has 134 valence electrons. The highest BCUT2D eigenvalue weighted by atomic mass is 32.2. The molecule has 0 N–H and O–H groups in total. The van der Waals surface area contributed by atoms with Crippen LogP contribution in [0, 0.1) is 0 Å². The van der Waals surface area contributed by atoms with Gasteiger partial charge in [0.15, 0.2) is 29.5 Å². The van der Waals surface area contributed by atoms with E-state index < -0.39 is 51.5 Å². The van der Waals surface area contributed by atoms with Crippen LogP contribution in [0.1, 0.15) is 0 Å². The Morgan fingerprint density at radius 1 is 0.640 bits per heavy atom. The summed E-state index contributed by atoms with van der Waals surface area (Å²) in [6.45, 7) is 0. The zero-order valence-corrected chi connectivity index (χ0v) is 15.5. The second kappa shape index (κ2) is 6.22. The minimum atomic E-state index is -4.11. The van der Waals surface area contributed by atoms with Crippen LogP contribution in [-0.2, 0) is 29.5 Å². The molecule has 25 heavy (non-hydrogen) atoms. The van der Waals surface area contributed by atoms with Crippen LogP contribution < -0.4 is 0 Å². The van der Waals surface area contributed by atoms with E-state index in [1.165, 1.54) is 48.5 Å². The van der Waals surface area contributed by atoms with Crippen LogP contribution in [0.25, 0.3) is 0 Å². The Bertz CT molecular complexity index is 990. The summed E-state index contributed by atoms with van der Waals surface area (Å²) in [5.41, 5.74) is 0. The van der Waals surface area contributed by atoms with Crippen LogP contribution in [0.5, 0.6) is 0 Å². The van der Waals surface area contributed by atoms with Gasteiger partial charge in [-0.3, -0.25) is 0 Å². The SMILES string of the molecule is O=S1(=O)C[C@H](S(=O)(=O)c2ccccc2)[C@@H](S(=O)(=O)c2ccccc2)C1. The fraction of sp³-hybridized carbons (Fsp3) is 0.250. The summed E-state index contributed by atoms with van der Waals surface area (Å²) in [6.07, 6.45) is 0. The molecule has 1 aliphatic heterocycles. The largest absolute Gasteiger partial charge is 0.229 e. The maximum absolute atomic E-state index is 12.9. The lowest BCUT2D eigenvalue weighted by Gasteiger charge is -2.19. The van der Waals surface area contributed by atoms with Gasteiger partial charge in [-0.1, -0.05) is 36.4 Å². The van der Waals surface area contributed by atoms with Gasteiger partial charge >= 0.3 is 0 Å². The van der Waals surface area contributed by atoms with Gasteiger partial charge in [-0.05, 0) is 24.3 Å². The average molecular weight is 400 g/mol. The zero-order chi connectivity index (χ0) is 18.3. The van der Waals surface area contributed by atoms with E-state index in [-0.39, 0.29) is 9.79 Å². The Balaban J connectivity index is 2.13. The van der Waals surface area contributed by atoms with Crippen molar-refractivity contribution in [3.05, 3.63) is 60.7 Å². The molecule has 2 atom stereocenters. The summed E-state index contributed by atoms with van der Waals surface area (Å²) in [7, 11) is -12.0. The van der Waals surface area contributed by atoms with Gasteiger partial charge in [-0.15, -0.1) is 0 Å². The number of hydrogen-bond acceptors (Lipinski definition) is 6. The molecular formula is C16H16O6S3. The Hall–Kier alpha value is -1.71. The predicted molar refractivity (Wildman–Crippen MR) is 93.5 cm³/mol. The van der Waals surface area contributed by atoms with E-state index in [0.29, 0.717) is 0 Å². The first-order chi connectivity index (χ1) is 11.6. The maximum Gasteiger partial charge on any atom is 0.183 e. The third-order valence-corrected chi connectivity index (χ3v) is 11.0. The van der Waals surface area contributed by atoms with E-state index in [0.717, 1.165) is 0 Å². The molecule has 2 aromatic carbocycles. The molecular weight excluding hydrogens is 384 g/mol. The van der Waals surface area contributed by atoms with E-state index in [1.807, 2.05) is 0 Å². The zero-order valence-electron chi connectivity index (χ0n) is 13.0. The molecule has 2 aromatic rings. The van der Waals surface area contributed by atoms with Crippen molar-refractivity contribution in [1.29, 1.82) is 0 Å². The van der Waals surface area contributed by atoms with E-state index in [2.05, 4.69) is 0 Å². The van der Waals surface area contributed by atoms with Gasteiger partial charge in [0.2, 0.25) is 0 Å². The minimum Gasteiger partial charge on any atom is -0.229 e. The third-order valence-electron chi connectivity index (χ3n) is 4.19. The molecule has 1 aliphatic rings. The summed E-state index contributed by atoms with van der Waals surface area (Å²) in [6, 6.07) is 14.7.